The number of thiazole rings is 1. The van der Waals surface area contributed by atoms with Crippen molar-refractivity contribution in [2.75, 3.05) is 19.7 Å². The molecule has 0 aliphatic heterocycles. The Kier molecular flexibility index (Phi) is 6.95. The van der Waals surface area contributed by atoms with Crippen LogP contribution in [0.4, 0.5) is 4.79 Å². The lowest BCUT2D eigenvalue weighted by molar-refractivity contribution is 0.201. The molecule has 0 radical (unpaired) electrons. The zero-order valence-corrected chi connectivity index (χ0v) is 13.3. The van der Waals surface area contributed by atoms with E-state index in [2.05, 4.69) is 22.5 Å². The number of carbonyl (C=O) groups is 1. The zero-order chi connectivity index (χ0) is 15.0. The van der Waals surface area contributed by atoms with E-state index in [1.54, 1.807) is 11.3 Å². The highest BCUT2D eigenvalue weighted by Crippen LogP contribution is 2.17. The molecule has 0 fully saturated rings. The Morgan fingerprint density at radius 1 is 1.45 bits per heavy atom. The SMILES string of the molecule is CCc1cnc(CCNC(=O)NCC(C)(C)CCO)s1. The first-order valence-electron chi connectivity index (χ1n) is 7.03. The number of rotatable bonds is 8. The van der Waals surface area contributed by atoms with Crippen LogP contribution in [0.5, 0.6) is 0 Å². The van der Waals surface area contributed by atoms with Crippen LogP contribution in [0.3, 0.4) is 0 Å². The summed E-state index contributed by atoms with van der Waals surface area (Å²) in [7, 11) is 0. The third-order valence-corrected chi connectivity index (χ3v) is 4.29. The van der Waals surface area contributed by atoms with E-state index in [9.17, 15) is 4.79 Å². The number of nitrogens with one attached hydrogen (secondary N) is 2. The molecule has 114 valence electrons. The van der Waals surface area contributed by atoms with Crippen LogP contribution in [0.15, 0.2) is 6.20 Å². The van der Waals surface area contributed by atoms with Crippen LogP contribution in [0.1, 0.15) is 37.1 Å². The van der Waals surface area contributed by atoms with Crippen molar-refractivity contribution >= 4 is 17.4 Å². The molecule has 0 saturated carbocycles. The normalized spacial score (nSPS) is 11.4. The standard InChI is InChI=1S/C14H25N3O2S/c1-4-11-9-16-12(20-11)5-7-15-13(19)17-10-14(2,3)6-8-18/h9,18H,4-8,10H2,1-3H3,(H2,15,17,19). The van der Waals surface area contributed by atoms with Crippen LogP contribution in [0, 0.1) is 5.41 Å². The average Bonchev–Trinajstić information content (AvgIpc) is 2.84. The van der Waals surface area contributed by atoms with Gasteiger partial charge in [0.05, 0.1) is 5.01 Å². The maximum Gasteiger partial charge on any atom is 0.314 e. The van der Waals surface area contributed by atoms with E-state index in [0.717, 1.165) is 17.8 Å². The first-order valence-corrected chi connectivity index (χ1v) is 7.84. The van der Waals surface area contributed by atoms with Crippen molar-refractivity contribution in [3.8, 4) is 0 Å². The van der Waals surface area contributed by atoms with Crippen LogP contribution in [0.2, 0.25) is 0 Å². The number of amides is 2. The maximum atomic E-state index is 11.6. The van der Waals surface area contributed by atoms with Crippen LogP contribution >= 0.6 is 11.3 Å². The minimum Gasteiger partial charge on any atom is -0.396 e. The number of urea groups is 1. The molecule has 1 aromatic rings. The molecule has 1 aromatic heterocycles. The van der Waals surface area contributed by atoms with Crippen molar-refractivity contribution < 1.29 is 9.90 Å². The molecule has 0 saturated heterocycles. The fourth-order valence-electron chi connectivity index (χ4n) is 1.68. The van der Waals surface area contributed by atoms with E-state index < -0.39 is 0 Å². The highest BCUT2D eigenvalue weighted by Gasteiger charge is 2.17. The summed E-state index contributed by atoms with van der Waals surface area (Å²) in [5.74, 6) is 0. The molecule has 1 rings (SSSR count). The molecule has 0 atom stereocenters. The molecule has 0 bridgehead atoms. The molecule has 0 aliphatic rings. The van der Waals surface area contributed by atoms with Gasteiger partial charge in [-0.15, -0.1) is 11.3 Å². The van der Waals surface area contributed by atoms with Gasteiger partial charge >= 0.3 is 6.03 Å². The van der Waals surface area contributed by atoms with Crippen molar-refractivity contribution in [3.63, 3.8) is 0 Å². The van der Waals surface area contributed by atoms with E-state index in [-0.39, 0.29) is 18.1 Å². The van der Waals surface area contributed by atoms with Gasteiger partial charge < -0.3 is 15.7 Å². The summed E-state index contributed by atoms with van der Waals surface area (Å²) in [5, 5.41) is 15.6. The Morgan fingerprint density at radius 3 is 2.80 bits per heavy atom. The first kappa shape index (κ1) is 16.9. The van der Waals surface area contributed by atoms with Gasteiger partial charge in [-0.2, -0.15) is 0 Å². The van der Waals surface area contributed by atoms with Gasteiger partial charge in [0.15, 0.2) is 0 Å². The van der Waals surface area contributed by atoms with E-state index in [1.165, 1.54) is 4.88 Å². The Labute approximate surface area is 124 Å². The van der Waals surface area contributed by atoms with Crippen LogP contribution in [0.25, 0.3) is 0 Å². The second-order valence-electron chi connectivity index (χ2n) is 5.57. The second kappa shape index (κ2) is 8.21. The van der Waals surface area contributed by atoms with Gasteiger partial charge in [-0.3, -0.25) is 0 Å². The Balaban J connectivity index is 2.20. The fraction of sp³-hybridized carbons (Fsp3) is 0.714. The smallest absolute Gasteiger partial charge is 0.314 e. The Hall–Kier alpha value is -1.14. The summed E-state index contributed by atoms with van der Waals surface area (Å²) in [6.07, 6.45) is 4.34. The molecule has 6 heteroatoms. The molecule has 3 N–H and O–H groups in total. The monoisotopic (exact) mass is 299 g/mol. The van der Waals surface area contributed by atoms with Crippen molar-refractivity contribution in [2.24, 2.45) is 5.41 Å². The van der Waals surface area contributed by atoms with Gasteiger partial charge in [0.25, 0.3) is 0 Å². The van der Waals surface area contributed by atoms with E-state index >= 15 is 0 Å². The first-order chi connectivity index (χ1) is 9.46. The zero-order valence-electron chi connectivity index (χ0n) is 12.5. The van der Waals surface area contributed by atoms with Crippen LogP contribution in [-0.2, 0) is 12.8 Å². The molecule has 2 amide bonds. The van der Waals surface area contributed by atoms with Crippen molar-refractivity contribution in [2.45, 2.75) is 40.0 Å². The molecular weight excluding hydrogens is 274 g/mol. The molecular formula is C14H25N3O2S. The number of aliphatic hydroxyl groups is 1. The average molecular weight is 299 g/mol. The second-order valence-corrected chi connectivity index (χ2v) is 6.77. The summed E-state index contributed by atoms with van der Waals surface area (Å²) < 4.78 is 0. The number of aliphatic hydroxyl groups excluding tert-OH is 1. The minimum atomic E-state index is -0.164. The molecule has 5 nitrogen and oxygen atoms in total. The molecule has 0 unspecified atom stereocenters. The summed E-state index contributed by atoms with van der Waals surface area (Å²) in [6, 6.07) is -0.164. The van der Waals surface area contributed by atoms with Crippen LogP contribution in [-0.4, -0.2) is 35.8 Å². The predicted molar refractivity (Wildman–Crippen MR) is 82.1 cm³/mol. The summed E-state index contributed by atoms with van der Waals surface area (Å²) in [6.45, 7) is 7.42. The molecule has 1 heterocycles. The van der Waals surface area contributed by atoms with E-state index in [0.29, 0.717) is 19.5 Å². The quantitative estimate of drug-likeness (QED) is 0.687. The number of aryl methyl sites for hydroxylation is 1. The van der Waals surface area contributed by atoms with Gasteiger partial charge in [-0.1, -0.05) is 20.8 Å². The van der Waals surface area contributed by atoms with Gasteiger partial charge in [0, 0.05) is 37.2 Å². The minimum absolute atomic E-state index is 0.0859. The number of hydrogen-bond donors (Lipinski definition) is 3. The Bertz CT molecular complexity index is 418. The predicted octanol–water partition coefficient (Wildman–Crippen LogP) is 1.96. The molecule has 20 heavy (non-hydrogen) atoms. The number of aromatic nitrogens is 1. The fourth-order valence-corrected chi connectivity index (χ4v) is 2.55. The van der Waals surface area contributed by atoms with Gasteiger partial charge in [-0.25, -0.2) is 9.78 Å². The summed E-state index contributed by atoms with van der Waals surface area (Å²) >= 11 is 1.70. The number of carbonyl (C=O) groups excluding carboxylic acids is 1. The molecule has 0 spiro atoms. The highest BCUT2D eigenvalue weighted by molar-refractivity contribution is 7.11. The molecule has 0 aliphatic carbocycles. The number of hydrogen-bond acceptors (Lipinski definition) is 4. The van der Waals surface area contributed by atoms with E-state index in [4.69, 9.17) is 5.11 Å². The highest BCUT2D eigenvalue weighted by atomic mass is 32.1. The third-order valence-electron chi connectivity index (χ3n) is 3.09. The molecule has 0 aromatic carbocycles. The number of nitrogens with zero attached hydrogens (tertiary/aromatic N) is 1. The third kappa shape index (κ3) is 6.34. The van der Waals surface area contributed by atoms with Crippen molar-refractivity contribution in [1.29, 1.82) is 0 Å². The summed E-state index contributed by atoms with van der Waals surface area (Å²) in [5.41, 5.74) is -0.0859. The van der Waals surface area contributed by atoms with Gasteiger partial charge in [-0.05, 0) is 18.3 Å². The van der Waals surface area contributed by atoms with Crippen LogP contribution < -0.4 is 10.6 Å². The lowest BCUT2D eigenvalue weighted by Crippen LogP contribution is -2.41. The Morgan fingerprint density at radius 2 is 2.20 bits per heavy atom. The topological polar surface area (TPSA) is 74.2 Å². The van der Waals surface area contributed by atoms with Gasteiger partial charge in [0.2, 0.25) is 0 Å². The van der Waals surface area contributed by atoms with E-state index in [1.807, 2.05) is 20.0 Å². The summed E-state index contributed by atoms with van der Waals surface area (Å²) in [4.78, 5) is 17.2. The lowest BCUT2D eigenvalue weighted by atomic mass is 9.90. The van der Waals surface area contributed by atoms with Gasteiger partial charge in [0.1, 0.15) is 0 Å². The van der Waals surface area contributed by atoms with Crippen molar-refractivity contribution in [3.05, 3.63) is 16.1 Å². The maximum absolute atomic E-state index is 11.6. The van der Waals surface area contributed by atoms with Crippen molar-refractivity contribution in [1.82, 2.24) is 15.6 Å². The largest absolute Gasteiger partial charge is 0.396 e. The lowest BCUT2D eigenvalue weighted by Gasteiger charge is -2.23.